The average molecular weight is 1370 g/mol. The number of aromatic nitrogens is 3. The van der Waals surface area contributed by atoms with Gasteiger partial charge in [-0.3, -0.25) is 14.8 Å². The minimum Gasteiger partial charge on any atom is -0.397 e. The molecular weight excluding hydrogens is 1360 g/mol. The molecule has 5 aromatic rings. The Kier molecular flexibility index (Phi) is 22.2. The van der Waals surface area contributed by atoms with Crippen molar-refractivity contribution in [2.45, 2.75) is 22.1 Å². The van der Waals surface area contributed by atoms with Crippen LogP contribution in [0.4, 0.5) is 43.4 Å². The van der Waals surface area contributed by atoms with Gasteiger partial charge in [0.15, 0.2) is 3.70 Å². The normalized spacial score (nSPS) is 11.3. The van der Waals surface area contributed by atoms with Crippen molar-refractivity contribution in [2.24, 2.45) is 0 Å². The van der Waals surface area contributed by atoms with Gasteiger partial charge in [-0.2, -0.15) is 26.3 Å². The van der Waals surface area contributed by atoms with Crippen LogP contribution in [0.2, 0.25) is 25.1 Å². The Morgan fingerprint density at radius 2 is 1.07 bits per heavy atom. The van der Waals surface area contributed by atoms with Crippen LogP contribution in [0, 0.1) is 21.2 Å². The van der Waals surface area contributed by atoms with Crippen LogP contribution in [0.5, 0.6) is 0 Å². The molecule has 0 atom stereocenters. The molecule has 3 N–H and O–H groups in total. The number of hydrogen-bond acceptors (Lipinski definition) is 10. The van der Waals surface area contributed by atoms with Crippen LogP contribution in [-0.2, 0) is 48.5 Å². The molecule has 0 saturated carbocycles. The zero-order valence-corrected chi connectivity index (χ0v) is 41.3. The molecule has 0 spiro atoms. The second kappa shape index (κ2) is 23.5. The van der Waals surface area contributed by atoms with E-state index in [0.717, 1.165) is 28.0 Å². The molecule has 5 rings (SSSR count). The summed E-state index contributed by atoms with van der Waals surface area (Å²) in [6.07, 6.45) is -5.23. The maximum Gasteiger partial charge on any atom is 0.417 e. The number of nitrogens with zero attached hydrogens (tertiary/aromatic N) is 4. The quantitative estimate of drug-likeness (QED) is 0.0326. The van der Waals surface area contributed by atoms with E-state index < -0.39 is 67.3 Å². The Morgan fingerprint density at radius 3 is 1.47 bits per heavy atom. The summed E-state index contributed by atoms with van der Waals surface area (Å²) in [7, 11) is -3.56. The van der Waals surface area contributed by atoms with Crippen LogP contribution in [0.25, 0.3) is 0 Å². The molecule has 0 unspecified atom stereocenters. The fourth-order valence-corrected chi connectivity index (χ4v) is 7.62. The van der Waals surface area contributed by atoms with Gasteiger partial charge >= 0.3 is 18.0 Å². The number of pyridine rings is 3. The van der Waals surface area contributed by atoms with Gasteiger partial charge in [-0.05, 0) is 116 Å². The van der Waals surface area contributed by atoms with Gasteiger partial charge in [0, 0.05) is 52.4 Å². The smallest absolute Gasteiger partial charge is 0.397 e. The zero-order valence-electron chi connectivity index (χ0n) is 27.6. The van der Waals surface area contributed by atoms with Crippen LogP contribution in [0.15, 0.2) is 83.0 Å². The standard InChI is InChI=1S/C12H6Cl2F3IN2O2S.C7H3Cl2F3O2S.C5H2ClIN2O2.C5H4ClIN2.Fe/c13-6-3-10(11(18)19-5-6)20-23(21,22)7-1-2-9(14)8(4-7)12(15,16)17;8-6-2-1-4(15(9,13)14)3-5(6)7(10,11)12;6-3-1-4(9(10)11)5(7)8-2-3;6-3-1-4(8)5(7)9-2-3;/h1-5,20H;1-3H;1-2H;1-2H,8H2;. The van der Waals surface area contributed by atoms with Crippen LogP contribution in [0.1, 0.15) is 11.1 Å². The summed E-state index contributed by atoms with van der Waals surface area (Å²) < 4.78 is 125. The van der Waals surface area contributed by atoms with E-state index in [1.807, 2.05) is 22.6 Å². The van der Waals surface area contributed by atoms with E-state index in [1.165, 1.54) is 24.5 Å². The fraction of sp³-hybridized carbons (Fsp3) is 0.0690. The predicted molar refractivity (Wildman–Crippen MR) is 234 cm³/mol. The maximum absolute atomic E-state index is 12.8. The second-order valence-corrected chi connectivity index (χ2v) is 19.5. The second-order valence-electron chi connectivity index (χ2n) is 10.1. The number of halogens is 15. The van der Waals surface area contributed by atoms with Gasteiger partial charge in [0.25, 0.3) is 19.1 Å². The number of hydrogen-bond donors (Lipinski definition) is 2. The molecule has 0 saturated heterocycles. The number of nitrogen functional groups attached to an aromatic ring is 1. The minimum atomic E-state index is -4.77. The topological polar surface area (TPSA) is 188 Å². The van der Waals surface area contributed by atoms with Crippen molar-refractivity contribution in [3.63, 3.8) is 0 Å². The third-order valence-corrected chi connectivity index (χ3v) is 12.5. The number of alkyl halides is 6. The first-order chi connectivity index (χ1) is 26.4. The summed E-state index contributed by atoms with van der Waals surface area (Å²) in [4.78, 5) is 20.0. The Morgan fingerprint density at radius 1 is 0.661 bits per heavy atom. The molecular formula is C29H15Cl6F6FeI3N6O6S2. The molecule has 3 aromatic heterocycles. The van der Waals surface area contributed by atoms with Crippen LogP contribution >= 0.6 is 136 Å². The first-order valence-electron chi connectivity index (χ1n) is 14.0. The van der Waals surface area contributed by atoms with Crippen LogP contribution in [0.3, 0.4) is 0 Å². The summed E-state index contributed by atoms with van der Waals surface area (Å²) in [5.74, 6) is 0. The van der Waals surface area contributed by atoms with Crippen molar-refractivity contribution >= 4 is 173 Å². The molecule has 0 aliphatic carbocycles. The number of nitro groups is 1. The van der Waals surface area contributed by atoms with Crippen molar-refractivity contribution < 1.29 is 65.2 Å². The molecule has 12 nitrogen and oxygen atoms in total. The molecule has 0 aliphatic rings. The van der Waals surface area contributed by atoms with E-state index in [0.29, 0.717) is 30.2 Å². The van der Waals surface area contributed by atoms with Crippen LogP contribution in [-0.4, -0.2) is 36.7 Å². The van der Waals surface area contributed by atoms with Crippen molar-refractivity contribution in [3.8, 4) is 0 Å². The molecule has 322 valence electrons. The minimum absolute atomic E-state index is 0. The van der Waals surface area contributed by atoms with Crippen LogP contribution < -0.4 is 10.5 Å². The number of sulfonamides is 1. The third kappa shape index (κ3) is 18.2. The monoisotopic (exact) mass is 1370 g/mol. The van der Waals surface area contributed by atoms with Gasteiger partial charge in [0.1, 0.15) is 7.40 Å². The number of nitrogens with two attached hydrogens (primary N) is 1. The third-order valence-electron chi connectivity index (χ3n) is 5.95. The van der Waals surface area contributed by atoms with E-state index in [1.54, 1.807) is 57.4 Å². The zero-order chi connectivity index (χ0) is 44.6. The van der Waals surface area contributed by atoms with E-state index in [9.17, 15) is 53.3 Å². The molecule has 0 aliphatic heterocycles. The molecule has 0 fully saturated rings. The molecule has 30 heteroatoms. The van der Waals surface area contributed by atoms with Crippen molar-refractivity contribution in [3.05, 3.63) is 131 Å². The van der Waals surface area contributed by atoms with E-state index in [2.05, 4.69) is 19.7 Å². The molecule has 2 aromatic carbocycles. The molecule has 3 heterocycles. The van der Waals surface area contributed by atoms with Gasteiger partial charge in [0.05, 0.1) is 62.3 Å². The van der Waals surface area contributed by atoms with E-state index >= 15 is 0 Å². The summed E-state index contributed by atoms with van der Waals surface area (Å²) >= 11 is 33.1. The summed E-state index contributed by atoms with van der Waals surface area (Å²) in [5, 5.41) is 10.1. The largest absolute Gasteiger partial charge is 0.417 e. The van der Waals surface area contributed by atoms with E-state index in [-0.39, 0.29) is 38.5 Å². The SMILES string of the molecule is Nc1cc(Cl)cnc1I.O=S(=O)(Cl)c1ccc(Cl)c(C(F)(F)F)c1.O=S(=O)(Nc1cc(Cl)cnc1I)c1ccc(Cl)c(C(F)(F)F)c1.O=[N+]([O-])c1cc(Cl)cnc1I.[Fe]. The Labute approximate surface area is 411 Å². The Hall–Kier alpha value is -1.18. The van der Waals surface area contributed by atoms with Gasteiger partial charge in [-0.25, -0.2) is 31.8 Å². The van der Waals surface area contributed by atoms with Gasteiger partial charge in [0.2, 0.25) is 0 Å². The first kappa shape index (κ1) is 55.8. The van der Waals surface area contributed by atoms with Gasteiger partial charge in [-0.1, -0.05) is 58.0 Å². The maximum atomic E-state index is 12.8. The van der Waals surface area contributed by atoms with Gasteiger partial charge < -0.3 is 5.73 Å². The number of rotatable bonds is 5. The Balaban J connectivity index is 0.000000418. The van der Waals surface area contributed by atoms with Crippen molar-refractivity contribution in [1.29, 1.82) is 0 Å². The van der Waals surface area contributed by atoms with E-state index in [4.69, 9.17) is 74.4 Å². The fourth-order valence-electron chi connectivity index (χ4n) is 3.44. The molecule has 0 bridgehead atoms. The molecule has 0 amide bonds. The average Bonchev–Trinajstić information content (AvgIpc) is 3.08. The van der Waals surface area contributed by atoms with Crippen molar-refractivity contribution in [1.82, 2.24) is 15.0 Å². The molecule has 0 radical (unpaired) electrons. The summed E-state index contributed by atoms with van der Waals surface area (Å²) in [6, 6.07) is 8.70. The first-order valence-corrected chi connectivity index (χ1v) is 22.9. The number of anilines is 2. The Bertz CT molecular complexity index is 2540. The summed E-state index contributed by atoms with van der Waals surface area (Å²) in [6.45, 7) is 0. The molecule has 59 heavy (non-hydrogen) atoms. The predicted octanol–water partition coefficient (Wildman–Crippen LogP) is 12.3. The van der Waals surface area contributed by atoms with Gasteiger partial charge in [-0.15, -0.1) is 0 Å². The summed E-state index contributed by atoms with van der Waals surface area (Å²) in [5.41, 5.74) is 3.63. The number of benzene rings is 2. The van der Waals surface area contributed by atoms with Crippen molar-refractivity contribution in [2.75, 3.05) is 10.5 Å². The number of nitrogens with one attached hydrogen (secondary N) is 1.